The summed E-state index contributed by atoms with van der Waals surface area (Å²) in [6, 6.07) is 4.13. The van der Waals surface area contributed by atoms with E-state index in [0.29, 0.717) is 16.7 Å². The lowest BCUT2D eigenvalue weighted by Gasteiger charge is -2.39. The third-order valence-corrected chi connectivity index (χ3v) is 6.27. The third-order valence-electron chi connectivity index (χ3n) is 5.99. The van der Waals surface area contributed by atoms with Gasteiger partial charge in [0.05, 0.1) is 31.5 Å². The summed E-state index contributed by atoms with van der Waals surface area (Å²) in [5.74, 6) is 2.18. The molecule has 0 bridgehead atoms. The Morgan fingerprint density at radius 1 is 1.03 bits per heavy atom. The highest BCUT2D eigenvalue weighted by molar-refractivity contribution is 6.32. The summed E-state index contributed by atoms with van der Waals surface area (Å²) in [7, 11) is 1.69. The average molecular weight is 468 g/mol. The van der Waals surface area contributed by atoms with Crippen molar-refractivity contribution in [3.8, 4) is 11.5 Å². The summed E-state index contributed by atoms with van der Waals surface area (Å²) in [5, 5.41) is 0.667. The SMILES string of the molecule is COc1cc(CN2CCCC2)cc(Cl)c1OC1CC(CN2CCOCC2)C1.Cl.Cl. The summed E-state index contributed by atoms with van der Waals surface area (Å²) in [5.41, 5.74) is 1.20. The van der Waals surface area contributed by atoms with Crippen LogP contribution in [0.25, 0.3) is 0 Å². The van der Waals surface area contributed by atoms with Gasteiger partial charge in [-0.25, -0.2) is 0 Å². The number of nitrogens with zero attached hydrogens (tertiary/aromatic N) is 2. The van der Waals surface area contributed by atoms with E-state index < -0.39 is 0 Å². The van der Waals surface area contributed by atoms with Gasteiger partial charge in [0.1, 0.15) is 0 Å². The van der Waals surface area contributed by atoms with E-state index in [1.54, 1.807) is 7.11 Å². The average Bonchev–Trinajstić information content (AvgIpc) is 3.15. The number of morpholine rings is 1. The van der Waals surface area contributed by atoms with Gasteiger partial charge in [0.25, 0.3) is 0 Å². The van der Waals surface area contributed by atoms with Crippen LogP contribution in [-0.4, -0.2) is 69.0 Å². The van der Waals surface area contributed by atoms with E-state index in [4.69, 9.17) is 25.8 Å². The number of likely N-dealkylation sites (tertiary alicyclic amines) is 1. The van der Waals surface area contributed by atoms with Crippen LogP contribution in [0.4, 0.5) is 0 Å². The zero-order valence-corrected chi connectivity index (χ0v) is 19.5. The molecule has 5 nitrogen and oxygen atoms in total. The molecule has 29 heavy (non-hydrogen) atoms. The van der Waals surface area contributed by atoms with Gasteiger partial charge in [-0.2, -0.15) is 0 Å². The lowest BCUT2D eigenvalue weighted by molar-refractivity contribution is -0.000399. The Hall–Kier alpha value is -0.430. The molecule has 0 atom stereocenters. The molecule has 166 valence electrons. The maximum absolute atomic E-state index is 6.57. The van der Waals surface area contributed by atoms with Crippen LogP contribution in [0.5, 0.6) is 11.5 Å². The van der Waals surface area contributed by atoms with Gasteiger partial charge in [-0.3, -0.25) is 9.80 Å². The quantitative estimate of drug-likeness (QED) is 0.598. The first-order chi connectivity index (χ1) is 13.2. The molecule has 0 spiro atoms. The standard InChI is InChI=1S/C21H31ClN2O3.2ClH/c1-25-20-13-17(15-23-4-2-3-5-23)12-19(22)21(20)27-18-10-16(11-18)14-24-6-8-26-9-7-24;;/h12-13,16,18H,2-11,14-15H2,1H3;2*1H. The number of ether oxygens (including phenoxy) is 3. The van der Waals surface area contributed by atoms with Gasteiger partial charge in [0, 0.05) is 26.2 Å². The Labute approximate surface area is 191 Å². The Kier molecular flexibility index (Phi) is 10.1. The molecule has 1 aliphatic carbocycles. The zero-order chi connectivity index (χ0) is 18.6. The Bertz CT molecular complexity index is 632. The van der Waals surface area contributed by atoms with Crippen molar-refractivity contribution in [2.45, 2.75) is 38.3 Å². The van der Waals surface area contributed by atoms with Crippen molar-refractivity contribution in [2.24, 2.45) is 5.92 Å². The summed E-state index contributed by atoms with van der Waals surface area (Å²) < 4.78 is 17.3. The molecule has 1 aromatic rings. The summed E-state index contributed by atoms with van der Waals surface area (Å²) in [6.45, 7) is 8.27. The second kappa shape index (κ2) is 11.8. The smallest absolute Gasteiger partial charge is 0.180 e. The van der Waals surface area contributed by atoms with Crippen LogP contribution in [0.1, 0.15) is 31.2 Å². The Balaban J connectivity index is 0.00000150. The van der Waals surface area contributed by atoms with E-state index in [1.165, 1.54) is 31.5 Å². The van der Waals surface area contributed by atoms with Crippen LogP contribution in [0, 0.1) is 5.92 Å². The normalized spacial score (nSPS) is 24.9. The second-order valence-corrected chi connectivity index (χ2v) is 8.49. The first-order valence-electron chi connectivity index (χ1n) is 10.3. The van der Waals surface area contributed by atoms with E-state index in [9.17, 15) is 0 Å². The van der Waals surface area contributed by atoms with Crippen LogP contribution in [0.2, 0.25) is 5.02 Å². The number of hydrogen-bond acceptors (Lipinski definition) is 5. The van der Waals surface area contributed by atoms with Crippen molar-refractivity contribution in [3.63, 3.8) is 0 Å². The predicted molar refractivity (Wildman–Crippen MR) is 121 cm³/mol. The lowest BCUT2D eigenvalue weighted by Crippen LogP contribution is -2.45. The maximum Gasteiger partial charge on any atom is 0.180 e. The monoisotopic (exact) mass is 466 g/mol. The highest BCUT2D eigenvalue weighted by Gasteiger charge is 2.33. The van der Waals surface area contributed by atoms with Crippen LogP contribution >= 0.6 is 36.4 Å². The molecule has 0 N–H and O–H groups in total. The first-order valence-corrected chi connectivity index (χ1v) is 10.6. The van der Waals surface area contributed by atoms with Crippen LogP contribution < -0.4 is 9.47 Å². The van der Waals surface area contributed by atoms with E-state index in [2.05, 4.69) is 15.9 Å². The van der Waals surface area contributed by atoms with Gasteiger partial charge >= 0.3 is 0 Å². The number of methoxy groups -OCH3 is 1. The fraction of sp³-hybridized carbons (Fsp3) is 0.714. The molecule has 3 aliphatic rings. The second-order valence-electron chi connectivity index (χ2n) is 8.08. The summed E-state index contributed by atoms with van der Waals surface area (Å²) in [6.07, 6.45) is 5.00. The Morgan fingerprint density at radius 2 is 1.72 bits per heavy atom. The fourth-order valence-corrected chi connectivity index (χ4v) is 4.69. The van der Waals surface area contributed by atoms with E-state index in [-0.39, 0.29) is 30.9 Å². The number of rotatable bonds is 7. The Morgan fingerprint density at radius 3 is 2.38 bits per heavy atom. The molecule has 3 fully saturated rings. The van der Waals surface area contributed by atoms with Crippen molar-refractivity contribution >= 4 is 36.4 Å². The molecule has 0 aromatic heterocycles. The highest BCUT2D eigenvalue weighted by atomic mass is 35.5. The minimum Gasteiger partial charge on any atom is -0.493 e. The first kappa shape index (κ1) is 24.8. The largest absolute Gasteiger partial charge is 0.493 e. The molecular formula is C21H33Cl3N2O3. The van der Waals surface area contributed by atoms with Crippen LogP contribution in [-0.2, 0) is 11.3 Å². The molecule has 1 aromatic carbocycles. The minimum absolute atomic E-state index is 0. The lowest BCUT2D eigenvalue weighted by atomic mass is 9.81. The topological polar surface area (TPSA) is 34.2 Å². The fourth-order valence-electron chi connectivity index (χ4n) is 4.41. The molecule has 2 saturated heterocycles. The van der Waals surface area contributed by atoms with E-state index >= 15 is 0 Å². The van der Waals surface area contributed by atoms with Crippen molar-refractivity contribution in [3.05, 3.63) is 22.7 Å². The van der Waals surface area contributed by atoms with Crippen molar-refractivity contribution in [1.82, 2.24) is 9.80 Å². The third kappa shape index (κ3) is 6.52. The van der Waals surface area contributed by atoms with Gasteiger partial charge in [-0.15, -0.1) is 24.8 Å². The van der Waals surface area contributed by atoms with Gasteiger partial charge in [0.15, 0.2) is 11.5 Å². The molecule has 2 aliphatic heterocycles. The molecule has 1 saturated carbocycles. The van der Waals surface area contributed by atoms with Crippen LogP contribution in [0.3, 0.4) is 0 Å². The summed E-state index contributed by atoms with van der Waals surface area (Å²) >= 11 is 6.57. The van der Waals surface area contributed by atoms with Gasteiger partial charge < -0.3 is 14.2 Å². The maximum atomic E-state index is 6.57. The van der Waals surface area contributed by atoms with Gasteiger partial charge in [-0.05, 0) is 62.4 Å². The van der Waals surface area contributed by atoms with Crippen molar-refractivity contribution in [1.29, 1.82) is 0 Å². The molecule has 2 heterocycles. The zero-order valence-electron chi connectivity index (χ0n) is 17.1. The molecule has 0 radical (unpaired) electrons. The number of halogens is 3. The molecule has 0 unspecified atom stereocenters. The molecular weight excluding hydrogens is 435 g/mol. The van der Waals surface area contributed by atoms with E-state index in [0.717, 1.165) is 58.0 Å². The highest BCUT2D eigenvalue weighted by Crippen LogP contribution is 2.41. The number of benzene rings is 1. The van der Waals surface area contributed by atoms with E-state index in [1.807, 2.05) is 6.07 Å². The molecule has 4 rings (SSSR count). The number of hydrogen-bond donors (Lipinski definition) is 0. The summed E-state index contributed by atoms with van der Waals surface area (Å²) in [4.78, 5) is 4.97. The minimum atomic E-state index is 0. The predicted octanol–water partition coefficient (Wildman–Crippen LogP) is 4.28. The molecule has 8 heteroatoms. The van der Waals surface area contributed by atoms with Crippen molar-refractivity contribution < 1.29 is 14.2 Å². The van der Waals surface area contributed by atoms with Crippen LogP contribution in [0.15, 0.2) is 12.1 Å². The van der Waals surface area contributed by atoms with Gasteiger partial charge in [0.2, 0.25) is 0 Å². The van der Waals surface area contributed by atoms with Gasteiger partial charge in [-0.1, -0.05) is 11.6 Å². The van der Waals surface area contributed by atoms with Crippen molar-refractivity contribution in [2.75, 3.05) is 53.0 Å². The molecule has 0 amide bonds.